The first-order valence-corrected chi connectivity index (χ1v) is 4.49. The summed E-state index contributed by atoms with van der Waals surface area (Å²) in [4.78, 5) is 0. The number of hydrogen-bond acceptors (Lipinski definition) is 5. The lowest BCUT2D eigenvalue weighted by Crippen LogP contribution is -1.85. The Labute approximate surface area is 79.1 Å². The third kappa shape index (κ3) is 1.11. The highest BCUT2D eigenvalue weighted by Crippen LogP contribution is 2.23. The van der Waals surface area contributed by atoms with E-state index in [9.17, 15) is 0 Å². The minimum Gasteiger partial charge on any atom is -0.170 e. The van der Waals surface area contributed by atoms with Gasteiger partial charge in [0, 0.05) is 0 Å². The smallest absolute Gasteiger partial charge is 0.170 e. The molecule has 56 valence electrons. The van der Waals surface area contributed by atoms with Gasteiger partial charge in [-0.1, -0.05) is 11.6 Å². The number of aromatic nitrogens is 4. The first-order valence-electron chi connectivity index (χ1n) is 2.59. The highest BCUT2D eigenvalue weighted by molar-refractivity contribution is 9.10. The van der Waals surface area contributed by atoms with Crippen molar-refractivity contribution in [2.24, 2.45) is 0 Å². The maximum absolute atomic E-state index is 5.68. The molecule has 2 aromatic rings. The molecule has 0 fully saturated rings. The Morgan fingerprint density at radius 3 is 2.64 bits per heavy atom. The fourth-order valence-electron chi connectivity index (χ4n) is 0.642. The first kappa shape index (κ1) is 7.33. The third-order valence-corrected chi connectivity index (χ3v) is 2.42. The zero-order chi connectivity index (χ0) is 7.84. The van der Waals surface area contributed by atoms with E-state index in [2.05, 4.69) is 34.9 Å². The molecular weight excluding hydrogens is 251 g/mol. The normalized spacial score (nSPS) is 10.7. The van der Waals surface area contributed by atoms with Crippen LogP contribution in [0, 0.1) is 0 Å². The zero-order valence-electron chi connectivity index (χ0n) is 4.95. The summed E-state index contributed by atoms with van der Waals surface area (Å²) in [5.74, 6) is 0. The van der Waals surface area contributed by atoms with Gasteiger partial charge in [0.1, 0.15) is 11.0 Å². The van der Waals surface area contributed by atoms with Crippen LogP contribution in [0.1, 0.15) is 0 Å². The summed E-state index contributed by atoms with van der Waals surface area (Å²) in [6.07, 6.45) is 0. The van der Waals surface area contributed by atoms with Gasteiger partial charge in [0.15, 0.2) is 9.76 Å². The Kier molecular flexibility index (Phi) is 1.74. The van der Waals surface area contributed by atoms with Crippen molar-refractivity contribution in [3.05, 3.63) is 9.76 Å². The summed E-state index contributed by atoms with van der Waals surface area (Å²) in [5, 5.41) is 7.66. The number of nitrogens with zero attached hydrogens (tertiary/aromatic N) is 4. The minimum absolute atomic E-state index is 0.289. The summed E-state index contributed by atoms with van der Waals surface area (Å²) in [5.41, 5.74) is 1.26. The van der Waals surface area contributed by atoms with Gasteiger partial charge in [-0.3, -0.25) is 0 Å². The van der Waals surface area contributed by atoms with E-state index >= 15 is 0 Å². The van der Waals surface area contributed by atoms with Gasteiger partial charge in [-0.2, -0.15) is 8.75 Å². The van der Waals surface area contributed by atoms with Crippen molar-refractivity contribution in [1.82, 2.24) is 18.9 Å². The number of rotatable bonds is 0. The molecule has 0 amide bonds. The van der Waals surface area contributed by atoms with E-state index in [0.717, 1.165) is 11.7 Å². The number of fused-ring (bicyclic) bond motifs is 1. The van der Waals surface area contributed by atoms with Crippen LogP contribution < -0.4 is 0 Å². The van der Waals surface area contributed by atoms with Gasteiger partial charge in [-0.25, -0.2) is 0 Å². The van der Waals surface area contributed by atoms with E-state index in [4.69, 9.17) is 11.6 Å². The molecule has 0 atom stereocenters. The second kappa shape index (κ2) is 2.62. The molecule has 0 aliphatic carbocycles. The van der Waals surface area contributed by atoms with Crippen molar-refractivity contribution in [1.29, 1.82) is 0 Å². The second-order valence-corrected chi connectivity index (χ2v) is 3.38. The average molecular weight is 251 g/mol. The molecule has 2 rings (SSSR count). The number of halogens is 2. The van der Waals surface area contributed by atoms with E-state index in [1.165, 1.54) is 0 Å². The van der Waals surface area contributed by atoms with Gasteiger partial charge in [-0.05, 0) is 15.9 Å². The van der Waals surface area contributed by atoms with Gasteiger partial charge in [0.25, 0.3) is 0 Å². The van der Waals surface area contributed by atoms with Crippen LogP contribution in [-0.2, 0) is 0 Å². The topological polar surface area (TPSA) is 51.6 Å². The van der Waals surface area contributed by atoms with Crippen molar-refractivity contribution >= 4 is 50.3 Å². The molecule has 2 heterocycles. The molecule has 0 unspecified atom stereocenters. The third-order valence-electron chi connectivity index (χ3n) is 1.10. The van der Waals surface area contributed by atoms with Crippen molar-refractivity contribution in [2.45, 2.75) is 0 Å². The molecule has 0 aliphatic heterocycles. The quantitative estimate of drug-likeness (QED) is 0.717. The van der Waals surface area contributed by atoms with Gasteiger partial charge in [0.05, 0.1) is 11.7 Å². The molecule has 2 aromatic heterocycles. The lowest BCUT2D eigenvalue weighted by Gasteiger charge is -1.89. The van der Waals surface area contributed by atoms with Gasteiger partial charge >= 0.3 is 0 Å². The van der Waals surface area contributed by atoms with Crippen LogP contribution in [0.2, 0.25) is 5.15 Å². The Balaban J connectivity index is 2.96. The van der Waals surface area contributed by atoms with Crippen molar-refractivity contribution < 1.29 is 0 Å². The molecule has 0 radical (unpaired) electrons. The summed E-state index contributed by atoms with van der Waals surface area (Å²) >= 11 is 9.95. The Hall–Kier alpha value is -0.330. The van der Waals surface area contributed by atoms with E-state index in [-0.39, 0.29) is 5.15 Å². The van der Waals surface area contributed by atoms with Crippen LogP contribution in [0.4, 0.5) is 0 Å². The molecule has 7 heteroatoms. The SMILES string of the molecule is Clc1nnc(Br)c2nsnc12. The van der Waals surface area contributed by atoms with Crippen molar-refractivity contribution in [2.75, 3.05) is 0 Å². The monoisotopic (exact) mass is 250 g/mol. The molecule has 0 spiro atoms. The van der Waals surface area contributed by atoms with Crippen LogP contribution in [0.3, 0.4) is 0 Å². The van der Waals surface area contributed by atoms with Crippen LogP contribution >= 0.6 is 39.3 Å². The maximum Gasteiger partial charge on any atom is 0.180 e. The molecular formula is C4BrClN4S. The molecule has 4 nitrogen and oxygen atoms in total. The van der Waals surface area contributed by atoms with Crippen molar-refractivity contribution in [3.8, 4) is 0 Å². The second-order valence-electron chi connectivity index (χ2n) is 1.74. The lowest BCUT2D eigenvalue weighted by molar-refractivity contribution is 1.02. The van der Waals surface area contributed by atoms with Crippen molar-refractivity contribution in [3.63, 3.8) is 0 Å². The first-order chi connectivity index (χ1) is 5.29. The summed E-state index contributed by atoms with van der Waals surface area (Å²) < 4.78 is 8.50. The Morgan fingerprint density at radius 2 is 1.91 bits per heavy atom. The highest BCUT2D eigenvalue weighted by atomic mass is 79.9. The fourth-order valence-corrected chi connectivity index (χ4v) is 1.88. The minimum atomic E-state index is 0.289. The summed E-state index contributed by atoms with van der Waals surface area (Å²) in [7, 11) is 0. The summed E-state index contributed by atoms with van der Waals surface area (Å²) in [6, 6.07) is 0. The molecule has 0 aromatic carbocycles. The lowest BCUT2D eigenvalue weighted by atomic mass is 10.5. The van der Waals surface area contributed by atoms with E-state index in [0.29, 0.717) is 15.6 Å². The zero-order valence-corrected chi connectivity index (χ0v) is 8.11. The predicted octanol–water partition coefficient (Wildman–Crippen LogP) is 1.90. The largest absolute Gasteiger partial charge is 0.180 e. The summed E-state index contributed by atoms with van der Waals surface area (Å²) in [6.45, 7) is 0. The Morgan fingerprint density at radius 1 is 1.18 bits per heavy atom. The molecule has 0 bridgehead atoms. The van der Waals surface area contributed by atoms with E-state index in [1.54, 1.807) is 0 Å². The maximum atomic E-state index is 5.68. The average Bonchev–Trinajstić information content (AvgIpc) is 2.45. The van der Waals surface area contributed by atoms with Crippen LogP contribution in [0.5, 0.6) is 0 Å². The fraction of sp³-hybridized carbons (Fsp3) is 0. The van der Waals surface area contributed by atoms with Crippen LogP contribution in [0.15, 0.2) is 4.60 Å². The highest BCUT2D eigenvalue weighted by Gasteiger charge is 2.08. The van der Waals surface area contributed by atoms with Crippen LogP contribution in [-0.4, -0.2) is 18.9 Å². The predicted molar refractivity (Wildman–Crippen MR) is 45.7 cm³/mol. The molecule has 0 saturated heterocycles. The van der Waals surface area contributed by atoms with Gasteiger partial charge < -0.3 is 0 Å². The van der Waals surface area contributed by atoms with Gasteiger partial charge in [0.2, 0.25) is 0 Å². The molecule has 0 saturated carbocycles. The molecule has 11 heavy (non-hydrogen) atoms. The van der Waals surface area contributed by atoms with E-state index in [1.807, 2.05) is 0 Å². The Bertz CT molecular complexity index is 366. The number of hydrogen-bond donors (Lipinski definition) is 0. The standard InChI is InChI=1S/C4BrClN4S/c5-3-1-2(10-11-9-1)4(6)8-7-3. The molecule has 0 N–H and O–H groups in total. The molecule has 0 aliphatic rings. The van der Waals surface area contributed by atoms with E-state index < -0.39 is 0 Å². The van der Waals surface area contributed by atoms with Crippen LogP contribution in [0.25, 0.3) is 11.0 Å². The van der Waals surface area contributed by atoms with Gasteiger partial charge in [-0.15, -0.1) is 10.2 Å².